The molecule has 3 nitrogen and oxygen atoms in total. The van der Waals surface area contributed by atoms with Gasteiger partial charge < -0.3 is 9.84 Å². The average Bonchev–Trinajstić information content (AvgIpc) is 2.77. The molecule has 0 fully saturated rings. The maximum atomic E-state index is 10.5. The lowest BCUT2D eigenvalue weighted by molar-refractivity contribution is 0.0634. The fourth-order valence-electron chi connectivity index (χ4n) is 4.02. The minimum Gasteiger partial charge on any atom is -0.491 e. The molecule has 1 N–H and O–H groups in total. The van der Waals surface area contributed by atoms with Crippen LogP contribution in [0.4, 0.5) is 0 Å². The number of para-hydroxylation sites is 1. The van der Waals surface area contributed by atoms with Gasteiger partial charge in [0.25, 0.3) is 0 Å². The highest BCUT2D eigenvalue weighted by Crippen LogP contribution is 2.21. The topological polar surface area (TPSA) is 32.7 Å². The predicted octanol–water partition coefficient (Wildman–Crippen LogP) is 4.27. The minimum atomic E-state index is -0.498. The van der Waals surface area contributed by atoms with Crippen molar-refractivity contribution in [3.8, 4) is 5.75 Å². The van der Waals surface area contributed by atoms with Crippen molar-refractivity contribution in [1.29, 1.82) is 0 Å². The molecule has 150 valence electrons. The minimum absolute atomic E-state index is 0.320. The summed E-state index contributed by atoms with van der Waals surface area (Å²) in [4.78, 5) is 2.32. The van der Waals surface area contributed by atoms with Gasteiger partial charge in [0.05, 0.1) is 0 Å². The highest BCUT2D eigenvalue weighted by molar-refractivity contribution is 5.34. The summed E-state index contributed by atoms with van der Waals surface area (Å²) in [5.41, 5.74) is 5.32. The summed E-state index contributed by atoms with van der Waals surface area (Å²) in [6.07, 6.45) is 2.46. The van der Waals surface area contributed by atoms with E-state index < -0.39 is 6.10 Å². The van der Waals surface area contributed by atoms with Gasteiger partial charge in [0.2, 0.25) is 0 Å². The molecular weight excluding hydrogens is 358 g/mol. The normalized spacial score (nSPS) is 14.9. The number of fused-ring (bicyclic) bond motifs is 1. The summed E-state index contributed by atoms with van der Waals surface area (Å²) in [6.45, 7) is 2.85. The van der Waals surface area contributed by atoms with E-state index in [2.05, 4.69) is 65.6 Å². The summed E-state index contributed by atoms with van der Waals surface area (Å²) in [5, 5.41) is 10.5. The van der Waals surface area contributed by atoms with Crippen LogP contribution in [-0.2, 0) is 25.8 Å². The van der Waals surface area contributed by atoms with E-state index in [0.717, 1.165) is 38.1 Å². The fraction of sp³-hybridized carbons (Fsp3) is 0.308. The standard InChI is InChI=1S/C26H29NO2/c28-25(19-27-17-16-22-10-4-5-12-24(22)18-27)20-29-26-13-7-6-11-23(26)15-14-21-8-2-1-3-9-21/h1-13,25,28H,14-20H2. The summed E-state index contributed by atoms with van der Waals surface area (Å²) in [6, 6.07) is 27.3. The van der Waals surface area contributed by atoms with Gasteiger partial charge in [-0.05, 0) is 47.6 Å². The number of hydrogen-bond acceptors (Lipinski definition) is 3. The number of ether oxygens (including phenoxy) is 1. The van der Waals surface area contributed by atoms with Gasteiger partial charge in [-0.25, -0.2) is 0 Å². The molecule has 0 aliphatic carbocycles. The maximum Gasteiger partial charge on any atom is 0.122 e. The fourth-order valence-corrected chi connectivity index (χ4v) is 4.02. The molecule has 0 aromatic heterocycles. The molecule has 4 rings (SSSR count). The molecular formula is C26H29NO2. The molecule has 0 spiro atoms. The second kappa shape index (κ2) is 9.73. The lowest BCUT2D eigenvalue weighted by atomic mass is 10.00. The summed E-state index contributed by atoms with van der Waals surface area (Å²) in [5.74, 6) is 0.881. The molecule has 0 amide bonds. The van der Waals surface area contributed by atoms with Gasteiger partial charge in [-0.1, -0.05) is 72.8 Å². The summed E-state index contributed by atoms with van der Waals surface area (Å²) >= 11 is 0. The van der Waals surface area contributed by atoms with Gasteiger partial charge in [-0.2, -0.15) is 0 Å². The van der Waals surface area contributed by atoms with Crippen LogP contribution in [0.1, 0.15) is 22.3 Å². The number of aliphatic hydroxyl groups excluding tert-OH is 1. The van der Waals surface area contributed by atoms with Crippen LogP contribution in [0.3, 0.4) is 0 Å². The van der Waals surface area contributed by atoms with Crippen LogP contribution in [0, 0.1) is 0 Å². The quantitative estimate of drug-likeness (QED) is 0.627. The Morgan fingerprint density at radius 2 is 1.55 bits per heavy atom. The first kappa shape index (κ1) is 19.7. The van der Waals surface area contributed by atoms with Crippen LogP contribution < -0.4 is 4.74 Å². The Bertz CT molecular complexity index is 909. The Balaban J connectivity index is 1.29. The van der Waals surface area contributed by atoms with Gasteiger partial charge in [0.15, 0.2) is 0 Å². The number of hydrogen-bond donors (Lipinski definition) is 1. The van der Waals surface area contributed by atoms with E-state index >= 15 is 0 Å². The van der Waals surface area contributed by atoms with Crippen LogP contribution >= 0.6 is 0 Å². The zero-order chi connectivity index (χ0) is 19.9. The third kappa shape index (κ3) is 5.47. The molecule has 1 heterocycles. The van der Waals surface area contributed by atoms with Crippen molar-refractivity contribution in [1.82, 2.24) is 4.90 Å². The van der Waals surface area contributed by atoms with Crippen LogP contribution in [0.5, 0.6) is 5.75 Å². The molecule has 29 heavy (non-hydrogen) atoms. The lowest BCUT2D eigenvalue weighted by Gasteiger charge is -2.30. The maximum absolute atomic E-state index is 10.5. The molecule has 1 aliphatic heterocycles. The first-order valence-corrected chi connectivity index (χ1v) is 10.5. The van der Waals surface area contributed by atoms with Crippen molar-refractivity contribution in [2.45, 2.75) is 31.9 Å². The van der Waals surface area contributed by atoms with Crippen LogP contribution in [0.25, 0.3) is 0 Å². The number of aliphatic hydroxyl groups is 1. The second-order valence-corrected chi connectivity index (χ2v) is 7.81. The number of nitrogens with zero attached hydrogens (tertiary/aromatic N) is 1. The van der Waals surface area contributed by atoms with Crippen molar-refractivity contribution >= 4 is 0 Å². The molecule has 0 saturated heterocycles. The summed E-state index contributed by atoms with van der Waals surface area (Å²) in [7, 11) is 0. The van der Waals surface area contributed by atoms with Gasteiger partial charge in [0.1, 0.15) is 18.5 Å². The van der Waals surface area contributed by atoms with Gasteiger partial charge in [-0.3, -0.25) is 4.90 Å². The van der Waals surface area contributed by atoms with Crippen molar-refractivity contribution in [3.63, 3.8) is 0 Å². The number of benzene rings is 3. The number of rotatable bonds is 8. The Labute approximate surface area is 173 Å². The number of β-amino-alcohol motifs (C(OH)–C–C–N with tert-alkyl or cyclic N) is 1. The number of aryl methyl sites for hydroxylation is 2. The van der Waals surface area contributed by atoms with E-state index in [1.165, 1.54) is 22.3 Å². The molecule has 3 heteroatoms. The Kier molecular flexibility index (Phi) is 6.60. The van der Waals surface area contributed by atoms with Crippen LogP contribution in [0.2, 0.25) is 0 Å². The summed E-state index contributed by atoms with van der Waals surface area (Å²) < 4.78 is 6.02. The third-order valence-electron chi connectivity index (χ3n) is 5.61. The van der Waals surface area contributed by atoms with E-state index in [9.17, 15) is 5.11 Å². The Morgan fingerprint density at radius 3 is 2.41 bits per heavy atom. The van der Waals surface area contributed by atoms with Crippen molar-refractivity contribution in [3.05, 3.63) is 101 Å². The molecule has 0 radical (unpaired) electrons. The van der Waals surface area contributed by atoms with E-state index in [-0.39, 0.29) is 0 Å². The molecule has 0 bridgehead atoms. The van der Waals surface area contributed by atoms with Crippen LogP contribution in [0.15, 0.2) is 78.9 Å². The van der Waals surface area contributed by atoms with E-state index in [0.29, 0.717) is 13.2 Å². The van der Waals surface area contributed by atoms with Gasteiger partial charge >= 0.3 is 0 Å². The molecule has 3 aromatic rings. The SMILES string of the molecule is OC(COc1ccccc1CCc1ccccc1)CN1CCc2ccccc2C1. The zero-order valence-electron chi connectivity index (χ0n) is 16.8. The smallest absolute Gasteiger partial charge is 0.122 e. The first-order valence-electron chi connectivity index (χ1n) is 10.5. The van der Waals surface area contributed by atoms with Gasteiger partial charge in [-0.15, -0.1) is 0 Å². The molecule has 1 unspecified atom stereocenters. The third-order valence-corrected chi connectivity index (χ3v) is 5.61. The van der Waals surface area contributed by atoms with Crippen LogP contribution in [-0.4, -0.2) is 35.8 Å². The second-order valence-electron chi connectivity index (χ2n) is 7.81. The average molecular weight is 388 g/mol. The van der Waals surface area contributed by atoms with E-state index in [1.54, 1.807) is 0 Å². The van der Waals surface area contributed by atoms with Gasteiger partial charge in [0, 0.05) is 19.6 Å². The predicted molar refractivity (Wildman–Crippen MR) is 117 cm³/mol. The molecule has 0 saturated carbocycles. The first-order chi connectivity index (χ1) is 14.3. The molecule has 1 atom stereocenters. The van der Waals surface area contributed by atoms with Crippen molar-refractivity contribution in [2.24, 2.45) is 0 Å². The zero-order valence-corrected chi connectivity index (χ0v) is 16.8. The van der Waals surface area contributed by atoms with Crippen molar-refractivity contribution < 1.29 is 9.84 Å². The van der Waals surface area contributed by atoms with Crippen molar-refractivity contribution in [2.75, 3.05) is 19.7 Å². The Hall–Kier alpha value is -2.62. The molecule has 3 aromatic carbocycles. The highest BCUT2D eigenvalue weighted by atomic mass is 16.5. The lowest BCUT2D eigenvalue weighted by Crippen LogP contribution is -2.38. The molecule has 1 aliphatic rings. The van der Waals surface area contributed by atoms with E-state index in [1.807, 2.05) is 18.2 Å². The Morgan fingerprint density at radius 1 is 0.828 bits per heavy atom. The highest BCUT2D eigenvalue weighted by Gasteiger charge is 2.19. The monoisotopic (exact) mass is 387 g/mol. The largest absolute Gasteiger partial charge is 0.491 e. The van der Waals surface area contributed by atoms with E-state index in [4.69, 9.17) is 4.74 Å².